The van der Waals surface area contributed by atoms with Crippen LogP contribution in [0, 0.1) is 6.92 Å². The lowest BCUT2D eigenvalue weighted by molar-refractivity contribution is 0.478. The molecule has 0 fully saturated rings. The molecule has 0 bridgehead atoms. The Morgan fingerprint density at radius 2 is 1.89 bits per heavy atom. The summed E-state index contributed by atoms with van der Waals surface area (Å²) in [6, 6.07) is 11.0. The first-order chi connectivity index (χ1) is 8.97. The largest absolute Gasteiger partial charge is 0.455 e. The van der Waals surface area contributed by atoms with Crippen LogP contribution in [0.5, 0.6) is 11.5 Å². The minimum Gasteiger partial charge on any atom is -0.455 e. The molecule has 2 rings (SSSR count). The molecule has 2 aromatic carbocycles. The number of rotatable bonds is 3. The fourth-order valence-corrected chi connectivity index (χ4v) is 2.52. The van der Waals surface area contributed by atoms with Crippen LogP contribution < -0.4 is 10.5 Å². The third kappa shape index (κ3) is 3.47. The molecular weight excluding hydrogens is 346 g/mol. The smallest absolute Gasteiger partial charge is 0.141 e. The number of aryl methyl sites for hydroxylation is 1. The standard InChI is InChI=1S/C14H11BrClNOS/c1-8-2-4-12(10(6-8)14(17)19)18-13-5-3-9(16)7-11(13)15/h2-7H,1H3,(H2,17,19). The van der Waals surface area contributed by atoms with Crippen LogP contribution in [0.2, 0.25) is 5.02 Å². The van der Waals surface area contributed by atoms with Crippen LogP contribution in [0.25, 0.3) is 0 Å². The van der Waals surface area contributed by atoms with E-state index in [9.17, 15) is 0 Å². The molecule has 2 aromatic rings. The van der Waals surface area contributed by atoms with Crippen molar-refractivity contribution in [1.29, 1.82) is 0 Å². The predicted molar refractivity (Wildman–Crippen MR) is 86.3 cm³/mol. The van der Waals surface area contributed by atoms with E-state index in [0.29, 0.717) is 21.5 Å². The minimum atomic E-state index is 0.309. The summed E-state index contributed by atoms with van der Waals surface area (Å²) in [5.74, 6) is 1.28. The Kier molecular flexibility index (Phi) is 4.45. The molecule has 0 aliphatic heterocycles. The van der Waals surface area contributed by atoms with Gasteiger partial charge in [0, 0.05) is 5.02 Å². The first-order valence-electron chi connectivity index (χ1n) is 5.51. The van der Waals surface area contributed by atoms with Gasteiger partial charge in [0.25, 0.3) is 0 Å². The molecule has 0 saturated carbocycles. The number of ether oxygens (including phenoxy) is 1. The van der Waals surface area contributed by atoms with Crippen molar-refractivity contribution >= 4 is 44.7 Å². The lowest BCUT2D eigenvalue weighted by Gasteiger charge is -2.12. The number of hydrogen-bond acceptors (Lipinski definition) is 2. The zero-order chi connectivity index (χ0) is 14.0. The normalized spacial score (nSPS) is 10.3. The summed E-state index contributed by atoms with van der Waals surface area (Å²) in [6.45, 7) is 1.98. The van der Waals surface area contributed by atoms with Gasteiger partial charge in [0.2, 0.25) is 0 Å². The molecule has 5 heteroatoms. The highest BCUT2D eigenvalue weighted by molar-refractivity contribution is 9.10. The van der Waals surface area contributed by atoms with Crippen molar-refractivity contribution in [3.05, 3.63) is 57.0 Å². The van der Waals surface area contributed by atoms with E-state index in [1.54, 1.807) is 18.2 Å². The molecule has 98 valence electrons. The van der Waals surface area contributed by atoms with E-state index < -0.39 is 0 Å². The number of thiocarbonyl (C=S) groups is 1. The Morgan fingerprint density at radius 1 is 1.21 bits per heavy atom. The van der Waals surface area contributed by atoms with Gasteiger partial charge in [0.05, 0.1) is 10.0 Å². The number of nitrogens with two attached hydrogens (primary N) is 1. The maximum Gasteiger partial charge on any atom is 0.141 e. The van der Waals surface area contributed by atoms with E-state index in [2.05, 4.69) is 15.9 Å². The van der Waals surface area contributed by atoms with E-state index in [1.807, 2.05) is 25.1 Å². The molecule has 2 nitrogen and oxygen atoms in total. The zero-order valence-corrected chi connectivity index (χ0v) is 13.3. The lowest BCUT2D eigenvalue weighted by atomic mass is 10.1. The summed E-state index contributed by atoms with van der Waals surface area (Å²) in [7, 11) is 0. The van der Waals surface area contributed by atoms with Crippen molar-refractivity contribution < 1.29 is 4.74 Å². The van der Waals surface area contributed by atoms with E-state index in [1.165, 1.54) is 0 Å². The summed E-state index contributed by atoms with van der Waals surface area (Å²) < 4.78 is 6.61. The maximum absolute atomic E-state index is 5.90. The fraction of sp³-hybridized carbons (Fsp3) is 0.0714. The molecule has 0 aromatic heterocycles. The number of benzene rings is 2. The van der Waals surface area contributed by atoms with Crippen molar-refractivity contribution in [3.8, 4) is 11.5 Å². The van der Waals surface area contributed by atoms with Crippen LogP contribution in [-0.2, 0) is 0 Å². The van der Waals surface area contributed by atoms with Gasteiger partial charge in [-0.2, -0.15) is 0 Å². The first-order valence-corrected chi connectivity index (χ1v) is 7.08. The van der Waals surface area contributed by atoms with E-state index in [4.69, 9.17) is 34.3 Å². The Hall–Kier alpha value is -1.10. The highest BCUT2D eigenvalue weighted by atomic mass is 79.9. The molecule has 0 radical (unpaired) electrons. The Bertz CT molecular complexity index is 645. The molecule has 0 saturated heterocycles. The summed E-state index contributed by atoms with van der Waals surface area (Å²) in [5.41, 5.74) is 7.51. The Balaban J connectivity index is 2.40. The second kappa shape index (κ2) is 5.90. The number of halogens is 2. The highest BCUT2D eigenvalue weighted by Crippen LogP contribution is 2.33. The van der Waals surface area contributed by atoms with Crippen molar-refractivity contribution in [2.45, 2.75) is 6.92 Å². The van der Waals surface area contributed by atoms with Gasteiger partial charge in [0.1, 0.15) is 16.5 Å². The summed E-state index contributed by atoms with van der Waals surface area (Å²) in [4.78, 5) is 0.309. The Morgan fingerprint density at radius 3 is 2.53 bits per heavy atom. The van der Waals surface area contributed by atoms with Gasteiger partial charge in [-0.1, -0.05) is 35.4 Å². The monoisotopic (exact) mass is 355 g/mol. The topological polar surface area (TPSA) is 35.2 Å². The SMILES string of the molecule is Cc1ccc(Oc2ccc(Cl)cc2Br)c(C(N)=S)c1. The van der Waals surface area contributed by atoms with Crippen molar-refractivity contribution in [1.82, 2.24) is 0 Å². The first kappa shape index (κ1) is 14.3. The third-order valence-electron chi connectivity index (χ3n) is 2.51. The van der Waals surface area contributed by atoms with Crippen molar-refractivity contribution in [2.75, 3.05) is 0 Å². The van der Waals surface area contributed by atoms with Gasteiger partial charge >= 0.3 is 0 Å². The van der Waals surface area contributed by atoms with Gasteiger partial charge in [-0.3, -0.25) is 0 Å². The van der Waals surface area contributed by atoms with Crippen LogP contribution >= 0.6 is 39.7 Å². The third-order valence-corrected chi connectivity index (χ3v) is 3.59. The molecule has 0 heterocycles. The van der Waals surface area contributed by atoms with E-state index >= 15 is 0 Å². The summed E-state index contributed by atoms with van der Waals surface area (Å²) in [5, 5.41) is 0.637. The molecule has 0 atom stereocenters. The average molecular weight is 357 g/mol. The zero-order valence-electron chi connectivity index (χ0n) is 10.1. The van der Waals surface area contributed by atoms with Crippen LogP contribution in [0.4, 0.5) is 0 Å². The number of hydrogen-bond donors (Lipinski definition) is 1. The fourth-order valence-electron chi connectivity index (χ4n) is 1.60. The highest BCUT2D eigenvalue weighted by Gasteiger charge is 2.10. The minimum absolute atomic E-state index is 0.309. The van der Waals surface area contributed by atoms with Gasteiger partial charge in [-0.15, -0.1) is 0 Å². The molecule has 0 spiro atoms. The second-order valence-electron chi connectivity index (χ2n) is 4.04. The summed E-state index contributed by atoms with van der Waals surface area (Å²) in [6.07, 6.45) is 0. The molecule has 0 amide bonds. The van der Waals surface area contributed by atoms with Crippen molar-refractivity contribution in [2.24, 2.45) is 5.73 Å². The van der Waals surface area contributed by atoms with E-state index in [0.717, 1.165) is 15.6 Å². The molecule has 0 aliphatic carbocycles. The van der Waals surface area contributed by atoms with E-state index in [-0.39, 0.29) is 0 Å². The van der Waals surface area contributed by atoms with Crippen LogP contribution in [-0.4, -0.2) is 4.99 Å². The molecule has 0 aliphatic rings. The quantitative estimate of drug-likeness (QED) is 0.799. The van der Waals surface area contributed by atoms with Crippen molar-refractivity contribution in [3.63, 3.8) is 0 Å². The predicted octanol–water partition coefficient (Wildman–Crippen LogP) is 4.84. The molecule has 19 heavy (non-hydrogen) atoms. The van der Waals surface area contributed by atoms with Crippen LogP contribution in [0.3, 0.4) is 0 Å². The van der Waals surface area contributed by atoms with Gasteiger partial charge < -0.3 is 10.5 Å². The Labute approximate surface area is 130 Å². The van der Waals surface area contributed by atoms with Crippen LogP contribution in [0.15, 0.2) is 40.9 Å². The lowest BCUT2D eigenvalue weighted by Crippen LogP contribution is -2.11. The molecule has 2 N–H and O–H groups in total. The molecule has 0 unspecified atom stereocenters. The van der Waals surface area contributed by atoms with Gasteiger partial charge in [0.15, 0.2) is 0 Å². The summed E-state index contributed by atoms with van der Waals surface area (Å²) >= 11 is 14.3. The second-order valence-corrected chi connectivity index (χ2v) is 5.77. The van der Waals surface area contributed by atoms with Gasteiger partial charge in [-0.25, -0.2) is 0 Å². The van der Waals surface area contributed by atoms with Crippen LogP contribution in [0.1, 0.15) is 11.1 Å². The molecular formula is C14H11BrClNOS. The van der Waals surface area contributed by atoms with Gasteiger partial charge in [-0.05, 0) is 53.2 Å². The maximum atomic E-state index is 5.90. The average Bonchev–Trinajstić information content (AvgIpc) is 2.34.